The molecule has 0 spiro atoms. The van der Waals surface area contributed by atoms with Crippen molar-refractivity contribution in [2.24, 2.45) is 0 Å². The van der Waals surface area contributed by atoms with Gasteiger partial charge in [0.25, 0.3) is 0 Å². The Kier molecular flexibility index (Phi) is 1.72. The summed E-state index contributed by atoms with van der Waals surface area (Å²) in [7, 11) is 0. The number of carbonyl (C=O) groups excluding carboxylic acids is 1. The highest BCUT2D eigenvalue weighted by atomic mass is 16.5. The number of hydrogen-bond acceptors (Lipinski definition) is 3. The summed E-state index contributed by atoms with van der Waals surface area (Å²) >= 11 is 0. The Balaban J connectivity index is 2.49. The Hall–Kier alpha value is -1.51. The second kappa shape index (κ2) is 2.76. The number of phenolic OH excluding ortho intramolecular Hbond substituents is 1. The Bertz CT molecular complexity index is 357. The third-order valence-electron chi connectivity index (χ3n) is 2.06. The molecular weight excluding hydrogens is 168 g/mol. The van der Waals surface area contributed by atoms with E-state index in [0.29, 0.717) is 17.7 Å². The topological polar surface area (TPSA) is 46.5 Å². The van der Waals surface area contributed by atoms with Gasteiger partial charge in [-0.1, -0.05) is 0 Å². The van der Waals surface area contributed by atoms with Gasteiger partial charge in [-0.2, -0.15) is 0 Å². The summed E-state index contributed by atoms with van der Waals surface area (Å²) < 4.78 is 5.43. The maximum Gasteiger partial charge on any atom is 0.170 e. The van der Waals surface area contributed by atoms with Gasteiger partial charge in [0.1, 0.15) is 17.6 Å². The van der Waals surface area contributed by atoms with Crippen LogP contribution in [0.15, 0.2) is 18.2 Å². The lowest BCUT2D eigenvalue weighted by molar-refractivity contribution is 0.0870. The highest BCUT2D eigenvalue weighted by Gasteiger charge is 2.23. The van der Waals surface area contributed by atoms with Crippen LogP contribution in [-0.2, 0) is 0 Å². The summed E-state index contributed by atoms with van der Waals surface area (Å²) in [5.74, 6) is 0.705. The molecular formula is C10H10O3. The van der Waals surface area contributed by atoms with E-state index in [1.165, 1.54) is 12.1 Å². The quantitative estimate of drug-likeness (QED) is 0.658. The second-order valence-corrected chi connectivity index (χ2v) is 3.24. The van der Waals surface area contributed by atoms with Crippen molar-refractivity contribution in [1.29, 1.82) is 0 Å². The summed E-state index contributed by atoms with van der Waals surface area (Å²) in [5, 5.41) is 9.16. The Morgan fingerprint density at radius 3 is 3.08 bits per heavy atom. The summed E-state index contributed by atoms with van der Waals surface area (Å²) in [6, 6.07) is 4.59. The van der Waals surface area contributed by atoms with E-state index in [9.17, 15) is 4.79 Å². The molecule has 0 bridgehead atoms. The molecule has 3 nitrogen and oxygen atoms in total. The number of aromatic hydroxyl groups is 1. The summed E-state index contributed by atoms with van der Waals surface area (Å²) in [5.41, 5.74) is 0.484. The summed E-state index contributed by atoms with van der Waals surface area (Å²) in [6.45, 7) is 1.85. The minimum atomic E-state index is -0.0652. The van der Waals surface area contributed by atoms with E-state index in [-0.39, 0.29) is 17.6 Å². The van der Waals surface area contributed by atoms with Crippen LogP contribution in [0, 0.1) is 0 Å². The summed E-state index contributed by atoms with van der Waals surface area (Å²) in [6.07, 6.45) is 0.320. The van der Waals surface area contributed by atoms with E-state index in [4.69, 9.17) is 9.84 Å². The zero-order valence-electron chi connectivity index (χ0n) is 7.28. The number of fused-ring (bicyclic) bond motifs is 1. The SMILES string of the molecule is CC1CC(=O)c2cc(O)ccc2O1. The molecule has 1 atom stereocenters. The first kappa shape index (κ1) is 8.10. The van der Waals surface area contributed by atoms with Crippen LogP contribution < -0.4 is 4.74 Å². The predicted octanol–water partition coefficient (Wildman–Crippen LogP) is 1.75. The smallest absolute Gasteiger partial charge is 0.170 e. The number of rotatable bonds is 0. The normalized spacial score (nSPS) is 20.7. The van der Waals surface area contributed by atoms with Crippen molar-refractivity contribution in [2.45, 2.75) is 19.4 Å². The van der Waals surface area contributed by atoms with Crippen molar-refractivity contribution in [1.82, 2.24) is 0 Å². The zero-order valence-corrected chi connectivity index (χ0v) is 7.28. The van der Waals surface area contributed by atoms with Gasteiger partial charge in [-0.05, 0) is 25.1 Å². The van der Waals surface area contributed by atoms with E-state index in [1.807, 2.05) is 6.92 Å². The lowest BCUT2D eigenvalue weighted by Crippen LogP contribution is -2.23. The molecule has 13 heavy (non-hydrogen) atoms. The number of Topliss-reactive ketones (excluding diaryl/α,β-unsaturated/α-hetero) is 1. The minimum Gasteiger partial charge on any atom is -0.508 e. The maximum atomic E-state index is 11.5. The molecule has 1 aliphatic heterocycles. The molecule has 3 heteroatoms. The fourth-order valence-electron chi connectivity index (χ4n) is 1.47. The Morgan fingerprint density at radius 1 is 1.54 bits per heavy atom. The molecule has 1 aromatic carbocycles. The molecule has 2 rings (SSSR count). The van der Waals surface area contributed by atoms with Gasteiger partial charge in [0, 0.05) is 6.42 Å². The number of carbonyl (C=O) groups is 1. The van der Waals surface area contributed by atoms with Crippen molar-refractivity contribution in [3.05, 3.63) is 23.8 Å². The molecule has 1 heterocycles. The van der Waals surface area contributed by atoms with Crippen LogP contribution in [0.1, 0.15) is 23.7 Å². The Morgan fingerprint density at radius 2 is 2.31 bits per heavy atom. The number of ketones is 1. The molecule has 0 amide bonds. The van der Waals surface area contributed by atoms with Gasteiger partial charge < -0.3 is 9.84 Å². The molecule has 1 aliphatic rings. The minimum absolute atomic E-state index is 0.0321. The van der Waals surface area contributed by atoms with Crippen molar-refractivity contribution in [3.63, 3.8) is 0 Å². The van der Waals surface area contributed by atoms with E-state index < -0.39 is 0 Å². The monoisotopic (exact) mass is 178 g/mol. The first-order valence-corrected chi connectivity index (χ1v) is 4.19. The van der Waals surface area contributed by atoms with Crippen LogP contribution in [0.3, 0.4) is 0 Å². The van der Waals surface area contributed by atoms with Gasteiger partial charge in [-0.15, -0.1) is 0 Å². The number of benzene rings is 1. The van der Waals surface area contributed by atoms with Crippen LogP contribution in [0.5, 0.6) is 11.5 Å². The second-order valence-electron chi connectivity index (χ2n) is 3.24. The van der Waals surface area contributed by atoms with Crippen LogP contribution >= 0.6 is 0 Å². The molecule has 1 N–H and O–H groups in total. The maximum absolute atomic E-state index is 11.5. The van der Waals surface area contributed by atoms with Gasteiger partial charge in [0.15, 0.2) is 5.78 Å². The lowest BCUT2D eigenvalue weighted by atomic mass is 10.0. The lowest BCUT2D eigenvalue weighted by Gasteiger charge is -2.21. The van der Waals surface area contributed by atoms with E-state index in [0.717, 1.165) is 0 Å². The molecule has 0 saturated carbocycles. The van der Waals surface area contributed by atoms with Crippen molar-refractivity contribution in [3.8, 4) is 11.5 Å². The highest BCUT2D eigenvalue weighted by molar-refractivity contribution is 6.00. The first-order valence-electron chi connectivity index (χ1n) is 4.19. The third-order valence-corrected chi connectivity index (χ3v) is 2.06. The van der Waals surface area contributed by atoms with Crippen molar-refractivity contribution >= 4 is 5.78 Å². The average molecular weight is 178 g/mol. The largest absolute Gasteiger partial charge is 0.508 e. The van der Waals surface area contributed by atoms with Gasteiger partial charge in [0.2, 0.25) is 0 Å². The summed E-state index contributed by atoms with van der Waals surface area (Å²) in [4.78, 5) is 11.5. The number of ether oxygens (including phenoxy) is 1. The van der Waals surface area contributed by atoms with Crippen molar-refractivity contribution in [2.75, 3.05) is 0 Å². The molecule has 1 unspecified atom stereocenters. The molecule has 0 saturated heterocycles. The molecule has 0 radical (unpaired) electrons. The zero-order chi connectivity index (χ0) is 9.42. The van der Waals surface area contributed by atoms with Gasteiger partial charge in [0.05, 0.1) is 5.56 Å². The van der Waals surface area contributed by atoms with Crippen molar-refractivity contribution < 1.29 is 14.6 Å². The number of hydrogen-bond donors (Lipinski definition) is 1. The highest BCUT2D eigenvalue weighted by Crippen LogP contribution is 2.30. The molecule has 68 valence electrons. The van der Waals surface area contributed by atoms with Crippen LogP contribution in [0.2, 0.25) is 0 Å². The van der Waals surface area contributed by atoms with Gasteiger partial charge in [-0.25, -0.2) is 0 Å². The predicted molar refractivity (Wildman–Crippen MR) is 47.1 cm³/mol. The molecule has 1 aromatic rings. The first-order chi connectivity index (χ1) is 6.16. The van der Waals surface area contributed by atoms with Gasteiger partial charge >= 0.3 is 0 Å². The van der Waals surface area contributed by atoms with E-state index >= 15 is 0 Å². The third kappa shape index (κ3) is 1.37. The molecule has 0 fully saturated rings. The average Bonchev–Trinajstić information content (AvgIpc) is 2.06. The van der Waals surface area contributed by atoms with Crippen LogP contribution in [0.4, 0.5) is 0 Å². The fourth-order valence-corrected chi connectivity index (χ4v) is 1.47. The fraction of sp³-hybridized carbons (Fsp3) is 0.300. The standard InChI is InChI=1S/C10H10O3/c1-6-4-9(12)8-5-7(11)2-3-10(8)13-6/h2-3,5-6,11H,4H2,1H3. The van der Waals surface area contributed by atoms with Crippen LogP contribution in [-0.4, -0.2) is 17.0 Å². The van der Waals surface area contributed by atoms with E-state index in [1.54, 1.807) is 6.07 Å². The van der Waals surface area contributed by atoms with E-state index in [2.05, 4.69) is 0 Å². The Labute approximate surface area is 76.0 Å². The molecule has 0 aromatic heterocycles. The van der Waals surface area contributed by atoms with Gasteiger partial charge in [-0.3, -0.25) is 4.79 Å². The number of phenols is 1. The van der Waals surface area contributed by atoms with Crippen LogP contribution in [0.25, 0.3) is 0 Å². The molecule has 0 aliphatic carbocycles.